The summed E-state index contributed by atoms with van der Waals surface area (Å²) in [6.07, 6.45) is 1.12. The van der Waals surface area contributed by atoms with Gasteiger partial charge in [0.15, 0.2) is 0 Å². The third kappa shape index (κ3) is 8.24. The van der Waals surface area contributed by atoms with E-state index < -0.39 is 11.9 Å². The van der Waals surface area contributed by atoms with Gasteiger partial charge in [-0.2, -0.15) is 0 Å². The average molecular weight is 227 g/mol. The summed E-state index contributed by atoms with van der Waals surface area (Å²) in [4.78, 5) is 19.1. The van der Waals surface area contributed by atoms with Gasteiger partial charge in [0, 0.05) is 17.8 Å². The van der Waals surface area contributed by atoms with E-state index in [0.717, 1.165) is 0 Å². The minimum Gasteiger partial charge on any atom is -0.478 e. The molecule has 0 radical (unpaired) electrons. The van der Waals surface area contributed by atoms with Crippen molar-refractivity contribution in [2.75, 3.05) is 5.73 Å². The Kier molecular flexibility index (Phi) is 5.96. The molecule has 4 N–H and O–H groups in total. The van der Waals surface area contributed by atoms with Crippen LogP contribution in [0.2, 0.25) is 0 Å². The van der Waals surface area contributed by atoms with Gasteiger partial charge in [-0.25, -0.2) is 14.0 Å². The van der Waals surface area contributed by atoms with Crippen LogP contribution in [0.5, 0.6) is 0 Å². The summed E-state index contributed by atoms with van der Waals surface area (Å²) in [5.41, 5.74) is 5.85. The number of carboxylic acids is 2. The van der Waals surface area contributed by atoms with E-state index >= 15 is 0 Å². The van der Waals surface area contributed by atoms with E-state index in [-0.39, 0.29) is 5.82 Å². The summed E-state index contributed by atoms with van der Waals surface area (Å²) < 4.78 is 12.0. The Bertz CT molecular complexity index is 349. The van der Waals surface area contributed by atoms with Crippen molar-refractivity contribution in [3.8, 4) is 0 Å². The molecule has 86 valence electrons. The molecular weight excluding hydrogens is 217 g/mol. The number of rotatable bonds is 2. The maximum absolute atomic E-state index is 12.0. The Balaban J connectivity index is 0.000000281. The maximum atomic E-state index is 12.0. The minimum atomic E-state index is -1.26. The number of aliphatic carboxylic acids is 2. The fraction of sp³-hybridized carbons (Fsp3) is 0. The largest absolute Gasteiger partial charge is 0.478 e. The minimum absolute atomic E-state index is 0.251. The van der Waals surface area contributed by atoms with Crippen LogP contribution in [0.1, 0.15) is 0 Å². The summed E-state index contributed by atoms with van der Waals surface area (Å²) in [7, 11) is 0. The Morgan fingerprint density at radius 2 is 1.44 bits per heavy atom. The van der Waals surface area contributed by atoms with Crippen molar-refractivity contribution in [1.82, 2.24) is 0 Å². The lowest BCUT2D eigenvalue weighted by Crippen LogP contribution is -1.91. The summed E-state index contributed by atoms with van der Waals surface area (Å²) in [6.45, 7) is 0. The quantitative estimate of drug-likeness (QED) is 0.519. The second-order valence-corrected chi connectivity index (χ2v) is 2.56. The van der Waals surface area contributed by atoms with Crippen LogP contribution in [0.4, 0.5) is 10.1 Å². The first-order chi connectivity index (χ1) is 7.41. The molecular formula is C10H10FNO4. The van der Waals surface area contributed by atoms with Crippen molar-refractivity contribution in [2.24, 2.45) is 0 Å². The molecule has 16 heavy (non-hydrogen) atoms. The second-order valence-electron chi connectivity index (χ2n) is 2.56. The molecule has 5 nitrogen and oxygen atoms in total. The molecule has 1 aromatic rings. The predicted octanol–water partition coefficient (Wildman–Crippen LogP) is 1.12. The van der Waals surface area contributed by atoms with Gasteiger partial charge < -0.3 is 15.9 Å². The standard InChI is InChI=1S/C6H6FN.C4H4O4/c7-5-1-3-6(8)4-2-5;5-3(6)1-2-4(7)8/h1-4H,8H2;1-2H,(H,5,6)(H,7,8)/b;2-1+. The number of carbonyl (C=O) groups is 2. The van der Waals surface area contributed by atoms with Gasteiger partial charge in [-0.05, 0) is 24.3 Å². The molecule has 0 bridgehead atoms. The molecule has 0 unspecified atom stereocenters. The molecule has 0 aliphatic rings. The van der Waals surface area contributed by atoms with Crippen molar-refractivity contribution in [1.29, 1.82) is 0 Å². The maximum Gasteiger partial charge on any atom is 0.328 e. The second kappa shape index (κ2) is 6.99. The lowest BCUT2D eigenvalue weighted by atomic mass is 10.3. The van der Waals surface area contributed by atoms with Gasteiger partial charge in [0.25, 0.3) is 0 Å². The summed E-state index contributed by atoms with van der Waals surface area (Å²) in [5.74, 6) is -2.76. The third-order valence-corrected chi connectivity index (χ3v) is 1.24. The zero-order valence-corrected chi connectivity index (χ0v) is 8.13. The highest BCUT2D eigenvalue weighted by Crippen LogP contribution is 2.01. The first kappa shape index (κ1) is 13.6. The predicted molar refractivity (Wildman–Crippen MR) is 55.2 cm³/mol. The van der Waals surface area contributed by atoms with E-state index in [0.29, 0.717) is 17.8 Å². The molecule has 0 amide bonds. The normalized spacial score (nSPS) is 9.31. The lowest BCUT2D eigenvalue weighted by Gasteiger charge is -1.87. The van der Waals surface area contributed by atoms with E-state index in [2.05, 4.69) is 0 Å². The lowest BCUT2D eigenvalue weighted by molar-refractivity contribution is -0.134. The van der Waals surface area contributed by atoms with Gasteiger partial charge in [0.2, 0.25) is 0 Å². The van der Waals surface area contributed by atoms with Gasteiger partial charge in [0.05, 0.1) is 0 Å². The highest BCUT2D eigenvalue weighted by atomic mass is 19.1. The van der Waals surface area contributed by atoms with Crippen LogP contribution in [-0.4, -0.2) is 22.2 Å². The van der Waals surface area contributed by atoms with E-state index in [1.54, 1.807) is 0 Å². The van der Waals surface area contributed by atoms with Crippen molar-refractivity contribution >= 4 is 17.6 Å². The summed E-state index contributed by atoms with van der Waals surface area (Å²) in [6, 6.07) is 5.70. The van der Waals surface area contributed by atoms with Crippen molar-refractivity contribution in [3.63, 3.8) is 0 Å². The van der Waals surface area contributed by atoms with E-state index in [1.807, 2.05) is 0 Å². The zero-order valence-electron chi connectivity index (χ0n) is 8.13. The van der Waals surface area contributed by atoms with E-state index in [9.17, 15) is 14.0 Å². The zero-order chi connectivity index (χ0) is 12.6. The van der Waals surface area contributed by atoms with Crippen LogP contribution in [0.3, 0.4) is 0 Å². The molecule has 0 fully saturated rings. The van der Waals surface area contributed by atoms with Crippen molar-refractivity contribution in [3.05, 3.63) is 42.2 Å². The molecule has 0 aliphatic carbocycles. The number of anilines is 1. The van der Waals surface area contributed by atoms with Crippen LogP contribution in [0.25, 0.3) is 0 Å². The van der Waals surface area contributed by atoms with Gasteiger partial charge in [-0.3, -0.25) is 0 Å². The van der Waals surface area contributed by atoms with Gasteiger partial charge >= 0.3 is 11.9 Å². The Morgan fingerprint density at radius 1 is 1.06 bits per heavy atom. The number of halogens is 1. The Hall–Kier alpha value is -2.37. The van der Waals surface area contributed by atoms with Crippen molar-refractivity contribution in [2.45, 2.75) is 0 Å². The fourth-order valence-corrected chi connectivity index (χ4v) is 0.605. The van der Waals surface area contributed by atoms with Crippen LogP contribution >= 0.6 is 0 Å². The number of hydrogen-bond acceptors (Lipinski definition) is 3. The molecule has 0 atom stereocenters. The fourth-order valence-electron chi connectivity index (χ4n) is 0.605. The smallest absolute Gasteiger partial charge is 0.328 e. The molecule has 1 aromatic carbocycles. The number of benzene rings is 1. The third-order valence-electron chi connectivity index (χ3n) is 1.24. The topological polar surface area (TPSA) is 101 Å². The molecule has 0 heterocycles. The Labute approximate surface area is 90.6 Å². The molecule has 0 aromatic heterocycles. The van der Waals surface area contributed by atoms with Gasteiger partial charge in [0.1, 0.15) is 5.82 Å². The number of carboxylic acid groups (broad SMARTS) is 2. The molecule has 0 saturated heterocycles. The molecule has 0 aliphatic heterocycles. The molecule has 6 heteroatoms. The monoisotopic (exact) mass is 227 g/mol. The van der Waals surface area contributed by atoms with E-state index in [1.165, 1.54) is 24.3 Å². The van der Waals surface area contributed by atoms with Crippen LogP contribution in [0.15, 0.2) is 36.4 Å². The number of hydrogen-bond donors (Lipinski definition) is 3. The number of nitrogen functional groups attached to an aromatic ring is 1. The van der Waals surface area contributed by atoms with Gasteiger partial charge in [-0.1, -0.05) is 0 Å². The molecule has 0 saturated carbocycles. The number of nitrogens with two attached hydrogens (primary N) is 1. The van der Waals surface area contributed by atoms with Gasteiger partial charge in [-0.15, -0.1) is 0 Å². The summed E-state index contributed by atoms with van der Waals surface area (Å²) >= 11 is 0. The highest BCUT2D eigenvalue weighted by molar-refractivity contribution is 5.89. The summed E-state index contributed by atoms with van der Waals surface area (Å²) in [5, 5.41) is 15.6. The first-order valence-corrected chi connectivity index (χ1v) is 4.07. The van der Waals surface area contributed by atoms with Crippen molar-refractivity contribution < 1.29 is 24.2 Å². The van der Waals surface area contributed by atoms with E-state index in [4.69, 9.17) is 15.9 Å². The first-order valence-electron chi connectivity index (χ1n) is 4.07. The Morgan fingerprint density at radius 3 is 1.69 bits per heavy atom. The molecule has 0 spiro atoms. The SMILES string of the molecule is Nc1ccc(F)cc1.O=C(O)/C=C/C(=O)O. The molecule has 1 rings (SSSR count). The van der Waals surface area contributed by atoms with Crippen LogP contribution < -0.4 is 5.73 Å². The van der Waals surface area contributed by atoms with Crippen LogP contribution in [0, 0.1) is 5.82 Å². The van der Waals surface area contributed by atoms with Crippen LogP contribution in [-0.2, 0) is 9.59 Å². The average Bonchev–Trinajstić information content (AvgIpc) is 2.20. The highest BCUT2D eigenvalue weighted by Gasteiger charge is 1.88.